The molecule has 2 atom stereocenters. The maximum absolute atomic E-state index is 13.1. The Labute approximate surface area is 229 Å². The van der Waals surface area contributed by atoms with E-state index < -0.39 is 0 Å². The Balaban J connectivity index is 1.28. The van der Waals surface area contributed by atoms with Crippen molar-refractivity contribution in [3.05, 3.63) is 52.4 Å². The van der Waals surface area contributed by atoms with Crippen LogP contribution in [0.25, 0.3) is 16.6 Å². The molecule has 2 aliphatic rings. The first kappa shape index (κ1) is 25.6. The molecule has 0 bridgehead atoms. The van der Waals surface area contributed by atoms with Gasteiger partial charge in [0.05, 0.1) is 53.0 Å². The molecule has 1 spiro atoms. The van der Waals surface area contributed by atoms with Gasteiger partial charge in [-0.15, -0.1) is 0 Å². The van der Waals surface area contributed by atoms with Gasteiger partial charge in [0.25, 0.3) is 5.56 Å². The summed E-state index contributed by atoms with van der Waals surface area (Å²) in [5.74, 6) is 0.854. The number of nitrogens with zero attached hydrogens (tertiary/aromatic N) is 6. The highest BCUT2D eigenvalue weighted by Gasteiger charge is 2.47. The lowest BCUT2D eigenvalue weighted by atomic mass is 9.73. The van der Waals surface area contributed by atoms with E-state index in [1.165, 1.54) is 22.7 Å². The second kappa shape index (κ2) is 10.1. The summed E-state index contributed by atoms with van der Waals surface area (Å²) in [6.07, 6.45) is 9.10. The van der Waals surface area contributed by atoms with E-state index in [1.54, 1.807) is 13.3 Å². The molecule has 0 saturated carbocycles. The smallest absolute Gasteiger partial charge is 0.262 e. The van der Waals surface area contributed by atoms with Crippen molar-refractivity contribution in [3.8, 4) is 0 Å². The third-order valence-electron chi connectivity index (χ3n) is 7.91. The van der Waals surface area contributed by atoms with Crippen molar-refractivity contribution >= 4 is 45.9 Å². The zero-order valence-corrected chi connectivity index (χ0v) is 22.9. The highest BCUT2D eigenvalue weighted by Crippen LogP contribution is 2.42. The predicted octanol–water partition coefficient (Wildman–Crippen LogP) is 3.22. The number of imidazole rings is 1. The topological polar surface area (TPSA) is 113 Å². The molecular weight excluding hydrogens is 526 g/mol. The van der Waals surface area contributed by atoms with E-state index in [2.05, 4.69) is 21.8 Å². The number of anilines is 1. The number of hydrogen-bond acceptors (Lipinski definition) is 9. The van der Waals surface area contributed by atoms with Crippen molar-refractivity contribution in [3.63, 3.8) is 0 Å². The van der Waals surface area contributed by atoms with Gasteiger partial charge in [-0.1, -0.05) is 23.4 Å². The van der Waals surface area contributed by atoms with Gasteiger partial charge in [-0.3, -0.25) is 13.8 Å². The molecule has 2 fully saturated rings. The molecule has 12 heteroatoms. The molecule has 5 heterocycles. The van der Waals surface area contributed by atoms with Crippen molar-refractivity contribution < 1.29 is 9.47 Å². The van der Waals surface area contributed by atoms with E-state index in [0.29, 0.717) is 29.1 Å². The van der Waals surface area contributed by atoms with Crippen LogP contribution in [0.5, 0.6) is 0 Å². The van der Waals surface area contributed by atoms with Crippen molar-refractivity contribution in [2.24, 2.45) is 11.1 Å². The molecule has 0 aliphatic carbocycles. The molecule has 4 aromatic rings. The second-order valence-corrected chi connectivity index (χ2v) is 11.5. The Morgan fingerprint density at radius 2 is 2.05 bits per heavy atom. The second-order valence-electron chi connectivity index (χ2n) is 10.0. The van der Waals surface area contributed by atoms with E-state index in [4.69, 9.17) is 31.8 Å². The summed E-state index contributed by atoms with van der Waals surface area (Å²) >= 11 is 8.22. The monoisotopic (exact) mass is 555 g/mol. The largest absolute Gasteiger partial charge is 0.383 e. The molecule has 2 saturated heterocycles. The Bertz CT molecular complexity index is 1550. The summed E-state index contributed by atoms with van der Waals surface area (Å²) in [6.45, 7) is 5.32. The third-order valence-corrected chi connectivity index (χ3v) is 9.49. The molecule has 10 nitrogen and oxygen atoms in total. The van der Waals surface area contributed by atoms with Crippen LogP contribution >= 0.6 is 23.4 Å². The van der Waals surface area contributed by atoms with Gasteiger partial charge in [-0.2, -0.15) is 0 Å². The van der Waals surface area contributed by atoms with E-state index >= 15 is 0 Å². The highest BCUT2D eigenvalue weighted by molar-refractivity contribution is 7.99. The van der Waals surface area contributed by atoms with Gasteiger partial charge in [0.2, 0.25) is 5.95 Å². The van der Waals surface area contributed by atoms with Crippen molar-refractivity contribution in [1.82, 2.24) is 23.9 Å². The molecule has 1 aromatic carbocycles. The van der Waals surface area contributed by atoms with Crippen LogP contribution in [0.4, 0.5) is 5.95 Å². The molecule has 1 unspecified atom stereocenters. The van der Waals surface area contributed by atoms with Gasteiger partial charge in [0.1, 0.15) is 0 Å². The number of rotatable bonds is 6. The first-order valence-electron chi connectivity index (χ1n) is 12.7. The Hall–Kier alpha value is -2.70. The van der Waals surface area contributed by atoms with E-state index in [1.807, 2.05) is 28.9 Å². The van der Waals surface area contributed by atoms with Crippen LogP contribution in [0, 0.1) is 5.41 Å². The fourth-order valence-electron chi connectivity index (χ4n) is 5.55. The lowest BCUT2D eigenvalue weighted by Crippen LogP contribution is -2.51. The van der Waals surface area contributed by atoms with Crippen LogP contribution in [0.15, 0.2) is 51.6 Å². The van der Waals surface area contributed by atoms with Crippen LogP contribution < -0.4 is 16.2 Å². The predicted molar refractivity (Wildman–Crippen MR) is 147 cm³/mol. The first-order chi connectivity index (χ1) is 18.4. The summed E-state index contributed by atoms with van der Waals surface area (Å²) in [6, 6.07) is 3.76. The van der Waals surface area contributed by atoms with Crippen LogP contribution in [-0.4, -0.2) is 69.5 Å². The van der Waals surface area contributed by atoms with Gasteiger partial charge >= 0.3 is 0 Å². The molecule has 6 rings (SSSR count). The summed E-state index contributed by atoms with van der Waals surface area (Å²) in [4.78, 5) is 30.8. The minimum Gasteiger partial charge on any atom is -0.383 e. The van der Waals surface area contributed by atoms with Crippen molar-refractivity contribution in [2.75, 3.05) is 38.3 Å². The summed E-state index contributed by atoms with van der Waals surface area (Å²) in [7, 11) is 1.60. The van der Waals surface area contributed by atoms with E-state index in [-0.39, 0.29) is 23.1 Å². The van der Waals surface area contributed by atoms with Gasteiger partial charge in [0, 0.05) is 55.1 Å². The maximum atomic E-state index is 13.1. The molecule has 2 aliphatic heterocycles. The zero-order chi connectivity index (χ0) is 26.4. The lowest BCUT2D eigenvalue weighted by molar-refractivity contribution is 0.0973. The van der Waals surface area contributed by atoms with Crippen molar-refractivity contribution in [2.45, 2.75) is 48.2 Å². The number of benzene rings is 1. The van der Waals surface area contributed by atoms with Crippen LogP contribution in [0.1, 0.15) is 19.8 Å². The average molecular weight is 556 g/mol. The maximum Gasteiger partial charge on any atom is 0.262 e. The lowest BCUT2D eigenvalue weighted by Gasteiger charge is -2.41. The number of ether oxygens (including phenoxy) is 2. The standard InChI is InChI=1S/C26H30ClN7O3S/c1-16-22(28)26(14-37-16)5-8-32(9-6-26)25-30-13-19(23-29-7-10-34(23)25)38-18-4-3-17-20(21(18)27)24(35)33(15-31-17)11-12-36-2/h3-4,7,10,13,15-16,22H,5-6,8-9,11-12,14,28H2,1-2H3/t16-,22?/m0/s1. The molecule has 0 amide bonds. The Morgan fingerprint density at radius 1 is 1.24 bits per heavy atom. The number of hydrogen-bond donors (Lipinski definition) is 1. The van der Waals surface area contributed by atoms with Gasteiger partial charge in [-0.25, -0.2) is 15.0 Å². The van der Waals surface area contributed by atoms with Crippen LogP contribution in [0.3, 0.4) is 0 Å². The van der Waals surface area contributed by atoms with Crippen molar-refractivity contribution in [1.29, 1.82) is 0 Å². The van der Waals surface area contributed by atoms with E-state index in [9.17, 15) is 4.79 Å². The van der Waals surface area contributed by atoms with E-state index in [0.717, 1.165) is 53.9 Å². The molecule has 3 aromatic heterocycles. The summed E-state index contributed by atoms with van der Waals surface area (Å²) < 4.78 is 14.5. The SMILES string of the molecule is COCCn1cnc2ccc(Sc3cnc(N4CCC5(CC4)CO[C@@H](C)C5N)n4ccnc34)c(Cl)c2c1=O. The first-order valence-corrected chi connectivity index (χ1v) is 13.9. The van der Waals surface area contributed by atoms with Gasteiger partial charge < -0.3 is 20.1 Å². The summed E-state index contributed by atoms with van der Waals surface area (Å²) in [5.41, 5.74) is 7.71. The van der Waals surface area contributed by atoms with Crippen LogP contribution in [-0.2, 0) is 16.0 Å². The number of piperidine rings is 1. The third kappa shape index (κ3) is 4.26. The zero-order valence-electron chi connectivity index (χ0n) is 21.3. The van der Waals surface area contributed by atoms with Crippen LogP contribution in [0.2, 0.25) is 5.02 Å². The number of aromatic nitrogens is 5. The minimum atomic E-state index is -0.191. The molecule has 0 radical (unpaired) electrons. The number of fused-ring (bicyclic) bond motifs is 2. The normalized spacial score (nSPS) is 21.2. The molecule has 200 valence electrons. The highest BCUT2D eigenvalue weighted by atomic mass is 35.5. The molecule has 2 N–H and O–H groups in total. The quantitative estimate of drug-likeness (QED) is 0.383. The molecule has 38 heavy (non-hydrogen) atoms. The Morgan fingerprint density at radius 3 is 2.79 bits per heavy atom. The number of halogens is 1. The molecular formula is C26H30ClN7O3S. The fourth-order valence-corrected chi connectivity index (χ4v) is 6.82. The number of nitrogens with two attached hydrogens (primary N) is 1. The minimum absolute atomic E-state index is 0.0452. The Kier molecular flexibility index (Phi) is 6.81. The average Bonchev–Trinajstić information content (AvgIpc) is 3.52. The van der Waals surface area contributed by atoms with Gasteiger partial charge in [-0.05, 0) is 31.9 Å². The number of methoxy groups -OCH3 is 1. The van der Waals surface area contributed by atoms with Gasteiger partial charge in [0.15, 0.2) is 5.65 Å². The summed E-state index contributed by atoms with van der Waals surface area (Å²) in [5, 5.41) is 0.765. The fraction of sp³-hybridized carbons (Fsp3) is 0.462.